The standard InChI is InChI=1S/C16H27NO/c1-3-13-7-8-16(10-13,11-17)15(18)14-6-4-5-12(2)9-14/h12-15,18H,3-10H2,1-2H3. The Bertz CT molecular complexity index is 322. The minimum absolute atomic E-state index is 0.365. The topological polar surface area (TPSA) is 44.0 Å². The SMILES string of the molecule is CCC1CCC(C#N)(C(O)C2CCCC(C)C2)C1. The van der Waals surface area contributed by atoms with E-state index in [1.807, 2.05) is 0 Å². The molecular formula is C16H27NO. The Morgan fingerprint density at radius 2 is 2.17 bits per heavy atom. The van der Waals surface area contributed by atoms with Crippen molar-refractivity contribution >= 4 is 0 Å². The van der Waals surface area contributed by atoms with E-state index in [-0.39, 0.29) is 6.10 Å². The second-order valence-electron chi connectivity index (χ2n) is 6.76. The molecule has 0 saturated heterocycles. The third-order valence-corrected chi connectivity index (χ3v) is 5.44. The molecule has 0 bridgehead atoms. The van der Waals surface area contributed by atoms with Gasteiger partial charge in [-0.3, -0.25) is 0 Å². The van der Waals surface area contributed by atoms with Gasteiger partial charge in [0.2, 0.25) is 0 Å². The molecule has 2 saturated carbocycles. The molecule has 2 rings (SSSR count). The Labute approximate surface area is 111 Å². The summed E-state index contributed by atoms with van der Waals surface area (Å²) in [5, 5.41) is 20.3. The Morgan fingerprint density at radius 3 is 2.72 bits per heavy atom. The van der Waals surface area contributed by atoms with Crippen molar-refractivity contribution in [1.29, 1.82) is 5.26 Å². The van der Waals surface area contributed by atoms with Crippen molar-refractivity contribution in [2.75, 3.05) is 0 Å². The fourth-order valence-electron chi connectivity index (χ4n) is 4.18. The van der Waals surface area contributed by atoms with Crippen molar-refractivity contribution < 1.29 is 5.11 Å². The fraction of sp³-hybridized carbons (Fsp3) is 0.938. The van der Waals surface area contributed by atoms with Crippen molar-refractivity contribution in [2.45, 2.75) is 71.3 Å². The van der Waals surface area contributed by atoms with Crippen LogP contribution in [0.15, 0.2) is 0 Å². The molecule has 0 amide bonds. The van der Waals surface area contributed by atoms with Crippen LogP contribution in [0.1, 0.15) is 65.2 Å². The summed E-state index contributed by atoms with van der Waals surface area (Å²) in [6.07, 6.45) is 8.47. The molecule has 5 unspecified atom stereocenters. The minimum Gasteiger partial charge on any atom is -0.391 e. The van der Waals surface area contributed by atoms with Crippen LogP contribution in [-0.2, 0) is 0 Å². The predicted molar refractivity (Wildman–Crippen MR) is 72.8 cm³/mol. The highest BCUT2D eigenvalue weighted by molar-refractivity contribution is 5.09. The van der Waals surface area contributed by atoms with Gasteiger partial charge in [-0.1, -0.05) is 33.1 Å². The van der Waals surface area contributed by atoms with E-state index in [1.165, 1.54) is 12.8 Å². The summed E-state index contributed by atoms with van der Waals surface area (Å²) in [5.41, 5.74) is -0.428. The predicted octanol–water partition coefficient (Wildman–Crippen LogP) is 3.89. The molecule has 2 aliphatic carbocycles. The molecule has 0 aliphatic heterocycles. The highest BCUT2D eigenvalue weighted by atomic mass is 16.3. The van der Waals surface area contributed by atoms with Crippen LogP contribution in [-0.4, -0.2) is 11.2 Å². The lowest BCUT2D eigenvalue weighted by Crippen LogP contribution is -2.39. The zero-order valence-corrected chi connectivity index (χ0v) is 11.9. The molecule has 2 nitrogen and oxygen atoms in total. The molecule has 18 heavy (non-hydrogen) atoms. The van der Waals surface area contributed by atoms with Gasteiger partial charge in [-0.2, -0.15) is 5.26 Å². The molecule has 2 heteroatoms. The largest absolute Gasteiger partial charge is 0.391 e. The monoisotopic (exact) mass is 249 g/mol. The number of hydrogen-bond donors (Lipinski definition) is 1. The van der Waals surface area contributed by atoms with Gasteiger partial charge in [0.15, 0.2) is 0 Å². The van der Waals surface area contributed by atoms with Gasteiger partial charge >= 0.3 is 0 Å². The van der Waals surface area contributed by atoms with Crippen LogP contribution in [0.2, 0.25) is 0 Å². The van der Waals surface area contributed by atoms with Crippen LogP contribution < -0.4 is 0 Å². The summed E-state index contributed by atoms with van der Waals surface area (Å²) in [4.78, 5) is 0. The first-order valence-electron chi connectivity index (χ1n) is 7.70. The normalized spacial score (nSPS) is 42.4. The molecule has 2 aliphatic rings. The Kier molecular flexibility index (Phi) is 4.33. The van der Waals surface area contributed by atoms with Crippen molar-refractivity contribution in [3.8, 4) is 6.07 Å². The van der Waals surface area contributed by atoms with Crippen LogP contribution in [0.3, 0.4) is 0 Å². The molecule has 2 fully saturated rings. The highest BCUT2D eigenvalue weighted by Crippen LogP contribution is 2.49. The van der Waals surface area contributed by atoms with Crippen molar-refractivity contribution in [3.63, 3.8) is 0 Å². The summed E-state index contributed by atoms with van der Waals surface area (Å²) < 4.78 is 0. The quantitative estimate of drug-likeness (QED) is 0.824. The maximum Gasteiger partial charge on any atom is 0.0837 e. The van der Waals surface area contributed by atoms with Gasteiger partial charge < -0.3 is 5.11 Å². The van der Waals surface area contributed by atoms with Crippen LogP contribution in [0.4, 0.5) is 0 Å². The Morgan fingerprint density at radius 1 is 1.39 bits per heavy atom. The highest BCUT2D eigenvalue weighted by Gasteiger charge is 2.47. The average molecular weight is 249 g/mol. The van der Waals surface area contributed by atoms with E-state index in [0.717, 1.165) is 44.4 Å². The van der Waals surface area contributed by atoms with Gasteiger partial charge in [0.25, 0.3) is 0 Å². The van der Waals surface area contributed by atoms with Gasteiger partial charge in [-0.15, -0.1) is 0 Å². The lowest BCUT2D eigenvalue weighted by molar-refractivity contribution is -0.00732. The van der Waals surface area contributed by atoms with E-state index < -0.39 is 5.41 Å². The van der Waals surface area contributed by atoms with Gasteiger partial charge in [0, 0.05) is 0 Å². The van der Waals surface area contributed by atoms with E-state index in [2.05, 4.69) is 19.9 Å². The van der Waals surface area contributed by atoms with Crippen LogP contribution >= 0.6 is 0 Å². The molecule has 0 heterocycles. The molecule has 0 aromatic heterocycles. The Balaban J connectivity index is 2.06. The van der Waals surface area contributed by atoms with E-state index in [4.69, 9.17) is 0 Å². The van der Waals surface area contributed by atoms with E-state index >= 15 is 0 Å². The third-order valence-electron chi connectivity index (χ3n) is 5.44. The zero-order valence-electron chi connectivity index (χ0n) is 11.9. The maximum absolute atomic E-state index is 10.7. The van der Waals surface area contributed by atoms with E-state index in [9.17, 15) is 10.4 Å². The van der Waals surface area contributed by atoms with E-state index in [0.29, 0.717) is 11.8 Å². The molecule has 0 aromatic carbocycles. The number of rotatable bonds is 3. The molecule has 0 spiro atoms. The number of aliphatic hydroxyl groups excluding tert-OH is 1. The smallest absolute Gasteiger partial charge is 0.0837 e. The molecule has 0 radical (unpaired) electrons. The van der Waals surface area contributed by atoms with Crippen LogP contribution in [0, 0.1) is 34.5 Å². The van der Waals surface area contributed by atoms with Gasteiger partial charge in [-0.25, -0.2) is 0 Å². The molecule has 5 atom stereocenters. The van der Waals surface area contributed by atoms with Crippen molar-refractivity contribution in [2.24, 2.45) is 23.2 Å². The summed E-state index contributed by atoms with van der Waals surface area (Å²) in [5.74, 6) is 1.74. The van der Waals surface area contributed by atoms with E-state index in [1.54, 1.807) is 0 Å². The second-order valence-corrected chi connectivity index (χ2v) is 6.76. The molecule has 1 N–H and O–H groups in total. The summed E-state index contributed by atoms with van der Waals surface area (Å²) >= 11 is 0. The number of aliphatic hydroxyl groups is 1. The van der Waals surface area contributed by atoms with Crippen LogP contribution in [0.5, 0.6) is 0 Å². The first-order chi connectivity index (χ1) is 8.61. The molecular weight excluding hydrogens is 222 g/mol. The number of nitrogens with zero attached hydrogens (tertiary/aromatic N) is 1. The summed E-state index contributed by atoms with van der Waals surface area (Å²) in [7, 11) is 0. The van der Waals surface area contributed by atoms with Gasteiger partial charge in [-0.05, 0) is 49.9 Å². The lowest BCUT2D eigenvalue weighted by Gasteiger charge is -2.37. The molecule has 0 aromatic rings. The second kappa shape index (κ2) is 5.61. The fourth-order valence-corrected chi connectivity index (χ4v) is 4.18. The van der Waals surface area contributed by atoms with Gasteiger partial charge in [0.1, 0.15) is 0 Å². The van der Waals surface area contributed by atoms with Crippen molar-refractivity contribution in [1.82, 2.24) is 0 Å². The average Bonchev–Trinajstić information content (AvgIpc) is 2.83. The number of nitriles is 1. The first kappa shape index (κ1) is 13.9. The summed E-state index contributed by atoms with van der Waals surface area (Å²) in [6.45, 7) is 4.48. The first-order valence-corrected chi connectivity index (χ1v) is 7.70. The minimum atomic E-state index is -0.428. The lowest BCUT2D eigenvalue weighted by atomic mass is 9.69. The molecule has 102 valence electrons. The zero-order chi connectivity index (χ0) is 13.2. The third kappa shape index (κ3) is 2.57. The Hall–Kier alpha value is -0.550. The summed E-state index contributed by atoms with van der Waals surface area (Å²) in [6, 6.07) is 2.50. The maximum atomic E-state index is 10.7. The van der Waals surface area contributed by atoms with Crippen LogP contribution in [0.25, 0.3) is 0 Å². The van der Waals surface area contributed by atoms with Crippen molar-refractivity contribution in [3.05, 3.63) is 0 Å². The number of hydrogen-bond acceptors (Lipinski definition) is 2. The van der Waals surface area contributed by atoms with Gasteiger partial charge in [0.05, 0.1) is 17.6 Å².